The number of hydrogen-bond acceptors (Lipinski definition) is 4. The molecule has 4 heteroatoms. The summed E-state index contributed by atoms with van der Waals surface area (Å²) in [6, 6.07) is 0. The van der Waals surface area contributed by atoms with Gasteiger partial charge in [-0.2, -0.15) is 0 Å². The second-order valence-electron chi connectivity index (χ2n) is 4.49. The third-order valence-electron chi connectivity index (χ3n) is 3.30. The van der Waals surface area contributed by atoms with Crippen LogP contribution in [0.5, 0.6) is 0 Å². The lowest BCUT2D eigenvalue weighted by Crippen LogP contribution is -2.37. The summed E-state index contributed by atoms with van der Waals surface area (Å²) in [5, 5.41) is 0. The van der Waals surface area contributed by atoms with Crippen molar-refractivity contribution in [3.8, 4) is 0 Å². The van der Waals surface area contributed by atoms with Gasteiger partial charge in [0.25, 0.3) is 0 Å². The molecule has 4 nitrogen and oxygen atoms in total. The first-order valence-corrected chi connectivity index (χ1v) is 6.28. The number of ether oxygens (including phenoxy) is 1. The lowest BCUT2D eigenvalue weighted by atomic mass is 9.97. The predicted octanol–water partition coefficient (Wildman–Crippen LogP) is 1.00. The Morgan fingerprint density at radius 2 is 2.00 bits per heavy atom. The van der Waals surface area contributed by atoms with Crippen LogP contribution in [0.1, 0.15) is 32.1 Å². The number of rotatable bonds is 6. The van der Waals surface area contributed by atoms with Crippen molar-refractivity contribution in [3.63, 3.8) is 0 Å². The maximum Gasteiger partial charge on any atom is 0.308 e. The van der Waals surface area contributed by atoms with Crippen molar-refractivity contribution in [3.05, 3.63) is 0 Å². The maximum atomic E-state index is 11.3. The fraction of sp³-hybridized carbons (Fsp3) is 0.917. The molecule has 0 aromatic heterocycles. The molecule has 16 heavy (non-hydrogen) atoms. The van der Waals surface area contributed by atoms with Crippen LogP contribution >= 0.6 is 0 Å². The quantitative estimate of drug-likeness (QED) is 0.544. The Morgan fingerprint density at radius 3 is 2.56 bits per heavy atom. The fourth-order valence-corrected chi connectivity index (χ4v) is 2.22. The molecule has 1 rings (SSSR count). The molecule has 0 atom stereocenters. The Hall–Kier alpha value is -0.610. The normalized spacial score (nSPS) is 18.6. The van der Waals surface area contributed by atoms with Crippen LogP contribution in [0.3, 0.4) is 0 Å². The first-order valence-electron chi connectivity index (χ1n) is 6.28. The van der Waals surface area contributed by atoms with Crippen LogP contribution < -0.4 is 5.73 Å². The van der Waals surface area contributed by atoms with Crippen LogP contribution in [0.2, 0.25) is 0 Å². The molecule has 0 aromatic carbocycles. The van der Waals surface area contributed by atoms with Crippen molar-refractivity contribution in [2.75, 3.05) is 33.3 Å². The molecule has 1 heterocycles. The van der Waals surface area contributed by atoms with E-state index in [-0.39, 0.29) is 11.9 Å². The van der Waals surface area contributed by atoms with Gasteiger partial charge < -0.3 is 15.4 Å². The van der Waals surface area contributed by atoms with E-state index < -0.39 is 0 Å². The van der Waals surface area contributed by atoms with Crippen LogP contribution in [-0.4, -0.2) is 44.2 Å². The van der Waals surface area contributed by atoms with Gasteiger partial charge in [-0.25, -0.2) is 0 Å². The lowest BCUT2D eigenvalue weighted by Gasteiger charge is -2.30. The zero-order chi connectivity index (χ0) is 11.8. The number of piperidine rings is 1. The second-order valence-corrected chi connectivity index (χ2v) is 4.49. The Bertz CT molecular complexity index is 201. The molecule has 94 valence electrons. The molecule has 2 N–H and O–H groups in total. The van der Waals surface area contributed by atoms with Crippen molar-refractivity contribution >= 4 is 5.97 Å². The van der Waals surface area contributed by atoms with E-state index in [4.69, 9.17) is 10.5 Å². The molecule has 1 saturated heterocycles. The van der Waals surface area contributed by atoms with E-state index in [1.165, 1.54) is 20.0 Å². The predicted molar refractivity (Wildman–Crippen MR) is 64.1 cm³/mol. The smallest absolute Gasteiger partial charge is 0.308 e. The monoisotopic (exact) mass is 228 g/mol. The third kappa shape index (κ3) is 4.49. The largest absolute Gasteiger partial charge is 0.469 e. The minimum absolute atomic E-state index is 0.0391. The molecule has 0 amide bonds. The van der Waals surface area contributed by atoms with Crippen LogP contribution in [-0.2, 0) is 9.53 Å². The molecule has 0 aliphatic carbocycles. The zero-order valence-corrected chi connectivity index (χ0v) is 10.3. The minimum atomic E-state index is -0.0391. The van der Waals surface area contributed by atoms with Crippen molar-refractivity contribution in [1.29, 1.82) is 0 Å². The van der Waals surface area contributed by atoms with Gasteiger partial charge in [-0.1, -0.05) is 6.42 Å². The van der Waals surface area contributed by atoms with E-state index in [0.29, 0.717) is 0 Å². The van der Waals surface area contributed by atoms with E-state index in [1.54, 1.807) is 0 Å². The Labute approximate surface area is 98.1 Å². The number of carbonyl (C=O) groups excluding carboxylic acids is 1. The van der Waals surface area contributed by atoms with Gasteiger partial charge in [0.2, 0.25) is 0 Å². The zero-order valence-electron chi connectivity index (χ0n) is 10.3. The van der Waals surface area contributed by atoms with Gasteiger partial charge in [-0.05, 0) is 51.9 Å². The number of carbonyl (C=O) groups is 1. The molecule has 1 fully saturated rings. The lowest BCUT2D eigenvalue weighted by molar-refractivity contribution is -0.147. The number of likely N-dealkylation sites (tertiary alicyclic amines) is 1. The number of nitrogens with two attached hydrogens (primary N) is 1. The van der Waals surface area contributed by atoms with E-state index in [2.05, 4.69) is 4.90 Å². The number of unbranched alkanes of at least 4 members (excludes halogenated alkanes) is 2. The third-order valence-corrected chi connectivity index (χ3v) is 3.30. The number of esters is 1. The summed E-state index contributed by atoms with van der Waals surface area (Å²) in [6.07, 6.45) is 5.46. The molecule has 0 radical (unpaired) electrons. The maximum absolute atomic E-state index is 11.3. The van der Waals surface area contributed by atoms with Gasteiger partial charge in [-0.15, -0.1) is 0 Å². The van der Waals surface area contributed by atoms with E-state index in [1.807, 2.05) is 0 Å². The van der Waals surface area contributed by atoms with Gasteiger partial charge >= 0.3 is 5.97 Å². The second kappa shape index (κ2) is 7.63. The van der Waals surface area contributed by atoms with Crippen molar-refractivity contribution in [2.45, 2.75) is 32.1 Å². The van der Waals surface area contributed by atoms with Crippen molar-refractivity contribution < 1.29 is 9.53 Å². The molecule has 1 aliphatic rings. The van der Waals surface area contributed by atoms with Gasteiger partial charge in [0.1, 0.15) is 0 Å². The molecule has 0 saturated carbocycles. The number of methoxy groups -OCH3 is 1. The molecule has 0 aromatic rings. The van der Waals surface area contributed by atoms with E-state index in [9.17, 15) is 4.79 Å². The highest BCUT2D eigenvalue weighted by atomic mass is 16.5. The van der Waals surface area contributed by atoms with Crippen LogP contribution in [0.25, 0.3) is 0 Å². The number of hydrogen-bond donors (Lipinski definition) is 1. The first kappa shape index (κ1) is 13.5. The SMILES string of the molecule is COC(=O)C1CCN(CCCCCN)CC1. The van der Waals surface area contributed by atoms with Gasteiger partial charge in [0, 0.05) is 0 Å². The van der Waals surface area contributed by atoms with Gasteiger partial charge in [0.15, 0.2) is 0 Å². The molecule has 1 aliphatic heterocycles. The highest BCUT2D eigenvalue weighted by Gasteiger charge is 2.24. The van der Waals surface area contributed by atoms with Gasteiger partial charge in [0.05, 0.1) is 13.0 Å². The summed E-state index contributed by atoms with van der Waals surface area (Å²) in [5.74, 6) is 0.0908. The van der Waals surface area contributed by atoms with E-state index >= 15 is 0 Å². The van der Waals surface area contributed by atoms with Crippen LogP contribution in [0.4, 0.5) is 0 Å². The summed E-state index contributed by atoms with van der Waals surface area (Å²) < 4.78 is 4.77. The highest BCUT2D eigenvalue weighted by molar-refractivity contribution is 5.72. The van der Waals surface area contributed by atoms with Gasteiger partial charge in [-0.3, -0.25) is 4.79 Å². The Kier molecular flexibility index (Phi) is 6.42. The van der Waals surface area contributed by atoms with Crippen molar-refractivity contribution in [1.82, 2.24) is 4.90 Å². The first-order chi connectivity index (χ1) is 7.77. The molecule has 0 unspecified atom stereocenters. The topological polar surface area (TPSA) is 55.6 Å². The summed E-state index contributed by atoms with van der Waals surface area (Å²) in [7, 11) is 1.47. The molecule has 0 spiro atoms. The van der Waals surface area contributed by atoms with E-state index in [0.717, 1.165) is 45.4 Å². The summed E-state index contributed by atoms with van der Waals surface area (Å²) in [6.45, 7) is 4.00. The average molecular weight is 228 g/mol. The Balaban J connectivity index is 2.10. The van der Waals surface area contributed by atoms with Crippen LogP contribution in [0.15, 0.2) is 0 Å². The Morgan fingerprint density at radius 1 is 1.31 bits per heavy atom. The van der Waals surface area contributed by atoms with Crippen molar-refractivity contribution in [2.24, 2.45) is 11.7 Å². The standard InChI is InChI=1S/C12H24N2O2/c1-16-12(15)11-5-9-14(10-6-11)8-4-2-3-7-13/h11H,2-10,13H2,1H3. The van der Waals surface area contributed by atoms with Crippen LogP contribution in [0, 0.1) is 5.92 Å². The molecular formula is C12H24N2O2. The summed E-state index contributed by atoms with van der Waals surface area (Å²) in [5.41, 5.74) is 5.45. The highest BCUT2D eigenvalue weighted by Crippen LogP contribution is 2.18. The summed E-state index contributed by atoms with van der Waals surface area (Å²) in [4.78, 5) is 13.8. The fourth-order valence-electron chi connectivity index (χ4n) is 2.22. The summed E-state index contributed by atoms with van der Waals surface area (Å²) >= 11 is 0. The minimum Gasteiger partial charge on any atom is -0.469 e. The molecular weight excluding hydrogens is 204 g/mol. The average Bonchev–Trinajstić information content (AvgIpc) is 2.34. The molecule has 0 bridgehead atoms. The number of nitrogens with zero attached hydrogens (tertiary/aromatic N) is 1.